The van der Waals surface area contributed by atoms with E-state index in [0.717, 1.165) is 22.6 Å². The average molecular weight is 604 g/mol. The molecule has 0 spiro atoms. The van der Waals surface area contributed by atoms with Crippen LogP contribution in [-0.2, 0) is 14.3 Å². The molecule has 0 atom stereocenters. The van der Waals surface area contributed by atoms with Crippen LogP contribution in [0.4, 0.5) is 17.1 Å². The van der Waals surface area contributed by atoms with Crippen LogP contribution in [0.3, 0.4) is 0 Å². The molecule has 2 heterocycles. The predicted molar refractivity (Wildman–Crippen MR) is 181 cm³/mol. The molecule has 6 nitrogen and oxygen atoms in total. The van der Waals surface area contributed by atoms with E-state index in [0.29, 0.717) is 30.2 Å². The van der Waals surface area contributed by atoms with Crippen LogP contribution >= 0.6 is 12.2 Å². The fourth-order valence-corrected chi connectivity index (χ4v) is 5.54. The lowest BCUT2D eigenvalue weighted by Gasteiger charge is -2.36. The van der Waals surface area contributed by atoms with Crippen LogP contribution in [0.5, 0.6) is 0 Å². The van der Waals surface area contributed by atoms with Crippen LogP contribution in [0.15, 0.2) is 126 Å². The second-order valence-electron chi connectivity index (χ2n) is 11.6. The van der Waals surface area contributed by atoms with E-state index in [4.69, 9.17) is 17.0 Å². The number of carbonyl (C=O) groups is 2. The van der Waals surface area contributed by atoms with Crippen molar-refractivity contribution in [1.29, 1.82) is 0 Å². The summed E-state index contributed by atoms with van der Waals surface area (Å²) in [4.78, 5) is 32.1. The van der Waals surface area contributed by atoms with E-state index in [1.807, 2.05) is 83.2 Å². The number of nitrogens with zero attached hydrogens (tertiary/aromatic N) is 3. The van der Waals surface area contributed by atoms with Gasteiger partial charge >= 0.3 is 0 Å². The van der Waals surface area contributed by atoms with Gasteiger partial charge in [-0.25, -0.2) is 0 Å². The molecule has 0 saturated carbocycles. The van der Waals surface area contributed by atoms with Crippen LogP contribution in [-0.4, -0.2) is 39.8 Å². The molecule has 0 aliphatic carbocycles. The number of ether oxygens (including phenoxy) is 1. The molecule has 0 radical (unpaired) electrons. The van der Waals surface area contributed by atoms with Crippen molar-refractivity contribution >= 4 is 52.3 Å². The molecule has 0 aromatic heterocycles. The van der Waals surface area contributed by atoms with Crippen molar-refractivity contribution in [2.24, 2.45) is 5.41 Å². The molecule has 3 aromatic carbocycles. The summed E-state index contributed by atoms with van der Waals surface area (Å²) in [6, 6.07) is 28.8. The minimum atomic E-state index is -0.384. The Bertz CT molecular complexity index is 1610. The summed E-state index contributed by atoms with van der Waals surface area (Å²) in [7, 11) is 0. The first kappa shape index (κ1) is 30.7. The molecule has 0 unspecified atom stereocenters. The Morgan fingerprint density at radius 3 is 1.70 bits per heavy atom. The Balaban J connectivity index is 1.49. The predicted octanol–water partition coefficient (Wildman–Crippen LogP) is 8.31. The van der Waals surface area contributed by atoms with E-state index in [2.05, 4.69) is 53.4 Å². The zero-order valence-corrected chi connectivity index (χ0v) is 26.6. The molecule has 2 aliphatic rings. The maximum absolute atomic E-state index is 13.5. The Morgan fingerprint density at radius 1 is 0.727 bits per heavy atom. The van der Waals surface area contributed by atoms with Gasteiger partial charge in [0.15, 0.2) is 5.11 Å². The van der Waals surface area contributed by atoms with E-state index in [1.54, 1.807) is 12.2 Å². The van der Waals surface area contributed by atoms with E-state index in [1.165, 1.54) is 9.80 Å². The van der Waals surface area contributed by atoms with Crippen molar-refractivity contribution in [3.63, 3.8) is 0 Å². The maximum Gasteiger partial charge on any atom is 0.266 e. The van der Waals surface area contributed by atoms with Crippen LogP contribution in [0.2, 0.25) is 0 Å². The summed E-state index contributed by atoms with van der Waals surface area (Å²) < 4.78 is 6.29. The van der Waals surface area contributed by atoms with Gasteiger partial charge in [0.2, 0.25) is 0 Å². The van der Waals surface area contributed by atoms with E-state index >= 15 is 0 Å². The standard InChI is InChI=1S/C37H37N3O3S/c1-6-38-34(41)33(35(42)39(7-2)36(38)44)27-24-31(43-32(25-27)37(3,4)5)23-20-26-18-21-30(22-19-26)40(28-14-10-8-11-15-28)29-16-12-9-13-17-29/h8-25H,6-7H2,1-5H3. The van der Waals surface area contributed by atoms with Crippen molar-refractivity contribution in [1.82, 2.24) is 9.80 Å². The summed E-state index contributed by atoms with van der Waals surface area (Å²) in [6.07, 6.45) is 7.40. The molecule has 2 amide bonds. The highest BCUT2D eigenvalue weighted by atomic mass is 32.1. The lowest BCUT2D eigenvalue weighted by molar-refractivity contribution is -0.133. The number of benzene rings is 3. The molecule has 0 bridgehead atoms. The number of hydrogen-bond acceptors (Lipinski definition) is 5. The van der Waals surface area contributed by atoms with E-state index < -0.39 is 0 Å². The van der Waals surface area contributed by atoms with Crippen LogP contribution in [0.25, 0.3) is 6.08 Å². The third kappa shape index (κ3) is 6.29. The normalized spacial score (nSPS) is 15.9. The first-order valence-corrected chi connectivity index (χ1v) is 15.2. The van der Waals surface area contributed by atoms with Crippen LogP contribution in [0.1, 0.15) is 40.2 Å². The molecule has 0 N–H and O–H groups in total. The molecule has 5 rings (SSSR count). The Labute approximate surface area is 265 Å². The quantitative estimate of drug-likeness (QED) is 0.154. The third-order valence-corrected chi connectivity index (χ3v) is 7.91. The summed E-state index contributed by atoms with van der Waals surface area (Å²) in [5.74, 6) is 0.438. The number of para-hydroxylation sites is 2. The Kier molecular flexibility index (Phi) is 8.97. The van der Waals surface area contributed by atoms with Crippen LogP contribution in [0, 0.1) is 5.41 Å². The van der Waals surface area contributed by atoms with Gasteiger partial charge in [0.1, 0.15) is 17.1 Å². The van der Waals surface area contributed by atoms with Gasteiger partial charge in [0, 0.05) is 35.6 Å². The molecule has 7 heteroatoms. The van der Waals surface area contributed by atoms with E-state index in [-0.39, 0.29) is 27.9 Å². The van der Waals surface area contributed by atoms with Gasteiger partial charge in [-0.1, -0.05) is 75.4 Å². The number of allylic oxidation sites excluding steroid dienone is 5. The summed E-state index contributed by atoms with van der Waals surface area (Å²) >= 11 is 5.46. The highest BCUT2D eigenvalue weighted by Gasteiger charge is 2.40. The number of likely N-dealkylation sites (N-methyl/N-ethyl adjacent to an activating group) is 2. The Morgan fingerprint density at radius 2 is 1.23 bits per heavy atom. The van der Waals surface area contributed by atoms with Crippen molar-refractivity contribution in [2.45, 2.75) is 34.6 Å². The molecule has 224 valence electrons. The van der Waals surface area contributed by atoms with Gasteiger partial charge in [-0.15, -0.1) is 0 Å². The molecule has 1 fully saturated rings. The second-order valence-corrected chi connectivity index (χ2v) is 11.9. The lowest BCUT2D eigenvalue weighted by Crippen LogP contribution is -2.56. The number of amides is 2. The number of thiocarbonyl (C=S) groups is 1. The van der Waals surface area contributed by atoms with Crippen molar-refractivity contribution in [3.05, 3.63) is 131 Å². The number of hydrogen-bond donors (Lipinski definition) is 0. The average Bonchev–Trinajstić information content (AvgIpc) is 3.02. The summed E-state index contributed by atoms with van der Waals surface area (Å²) in [5, 5.41) is 0.243. The third-order valence-electron chi connectivity index (χ3n) is 7.47. The van der Waals surface area contributed by atoms with Crippen molar-refractivity contribution in [2.75, 3.05) is 18.0 Å². The lowest BCUT2D eigenvalue weighted by atomic mass is 9.89. The highest BCUT2D eigenvalue weighted by Crippen LogP contribution is 2.37. The van der Waals surface area contributed by atoms with Crippen LogP contribution < -0.4 is 4.90 Å². The zero-order chi connectivity index (χ0) is 31.4. The first-order chi connectivity index (χ1) is 21.1. The van der Waals surface area contributed by atoms with Crippen molar-refractivity contribution < 1.29 is 14.3 Å². The number of anilines is 3. The monoisotopic (exact) mass is 603 g/mol. The minimum absolute atomic E-state index is 0.101. The maximum atomic E-state index is 13.5. The fourth-order valence-electron chi connectivity index (χ4n) is 5.12. The molecule has 44 heavy (non-hydrogen) atoms. The highest BCUT2D eigenvalue weighted by molar-refractivity contribution is 7.80. The van der Waals surface area contributed by atoms with Gasteiger partial charge in [0.25, 0.3) is 11.8 Å². The summed E-state index contributed by atoms with van der Waals surface area (Å²) in [5.41, 5.74) is 4.41. The number of carbonyl (C=O) groups excluding carboxylic acids is 2. The molecular weight excluding hydrogens is 566 g/mol. The zero-order valence-electron chi connectivity index (χ0n) is 25.8. The van der Waals surface area contributed by atoms with Gasteiger partial charge in [-0.3, -0.25) is 19.4 Å². The minimum Gasteiger partial charge on any atom is -0.461 e. The van der Waals surface area contributed by atoms with Gasteiger partial charge in [0.05, 0.1) is 0 Å². The van der Waals surface area contributed by atoms with Gasteiger partial charge in [-0.2, -0.15) is 0 Å². The molecular formula is C37H37N3O3S. The fraction of sp³-hybridized carbons (Fsp3) is 0.216. The first-order valence-electron chi connectivity index (χ1n) is 14.8. The topological polar surface area (TPSA) is 53.1 Å². The molecule has 3 aromatic rings. The Hall–Kier alpha value is -4.75. The molecule has 1 saturated heterocycles. The van der Waals surface area contributed by atoms with E-state index in [9.17, 15) is 9.59 Å². The van der Waals surface area contributed by atoms with Crippen molar-refractivity contribution in [3.8, 4) is 0 Å². The van der Waals surface area contributed by atoms with Gasteiger partial charge < -0.3 is 9.64 Å². The molecule has 2 aliphatic heterocycles. The SMILES string of the molecule is CCN1C(=O)C(=C2C=C(C=Cc3ccc(N(c4ccccc4)c4ccccc4)cc3)OC(C(C)(C)C)=C2)C(=O)N(CC)C1=S. The smallest absolute Gasteiger partial charge is 0.266 e. The number of rotatable bonds is 7. The van der Waals surface area contributed by atoms with Gasteiger partial charge in [-0.05, 0) is 91.8 Å². The second kappa shape index (κ2) is 12.9. The summed E-state index contributed by atoms with van der Waals surface area (Å²) in [6.45, 7) is 10.6. The largest absolute Gasteiger partial charge is 0.461 e.